The summed E-state index contributed by atoms with van der Waals surface area (Å²) in [5.41, 5.74) is 13.5. The molecule has 0 aliphatic heterocycles. The second-order valence-electron chi connectivity index (χ2n) is 7.15. The smallest absolute Gasteiger partial charge is 0.116 e. The van der Waals surface area contributed by atoms with Gasteiger partial charge in [-0.25, -0.2) is 0 Å². The van der Waals surface area contributed by atoms with Crippen LogP contribution in [0.2, 0.25) is 0 Å². The molecule has 0 amide bonds. The van der Waals surface area contributed by atoms with E-state index in [9.17, 15) is 0 Å². The van der Waals surface area contributed by atoms with Crippen molar-refractivity contribution in [3.63, 3.8) is 0 Å². The largest absolute Gasteiger partial charge is 0.397 e. The van der Waals surface area contributed by atoms with Gasteiger partial charge in [-0.15, -0.1) is 11.3 Å². The number of H-pyrrole nitrogens is 2. The lowest BCUT2D eigenvalue weighted by atomic mass is 10.0. The van der Waals surface area contributed by atoms with Crippen LogP contribution in [0.3, 0.4) is 0 Å². The lowest BCUT2D eigenvalue weighted by Gasteiger charge is -2.03. The predicted molar refractivity (Wildman–Crippen MR) is 122 cm³/mol. The molecule has 1 aromatic carbocycles. The van der Waals surface area contributed by atoms with E-state index in [2.05, 4.69) is 54.8 Å². The molecule has 4 N–H and O–H groups in total. The number of benzene rings is 1. The van der Waals surface area contributed by atoms with Gasteiger partial charge in [-0.1, -0.05) is 12.1 Å². The number of hydrogen-bond donors (Lipinski definition) is 3. The summed E-state index contributed by atoms with van der Waals surface area (Å²) in [6.45, 7) is 0. The third-order valence-electron chi connectivity index (χ3n) is 5.24. The number of nitrogens with two attached hydrogens (primary N) is 1. The number of rotatable bonds is 3. The number of nitrogens with zero attached hydrogens (tertiary/aromatic N) is 3. The molecule has 0 aliphatic carbocycles. The zero-order chi connectivity index (χ0) is 20.1. The van der Waals surface area contributed by atoms with Gasteiger partial charge in [0.25, 0.3) is 0 Å². The van der Waals surface area contributed by atoms with Crippen LogP contribution in [0.1, 0.15) is 0 Å². The Hall–Kier alpha value is -3.97. The van der Waals surface area contributed by atoms with E-state index in [1.807, 2.05) is 36.8 Å². The molecule has 0 saturated carbocycles. The number of thiophene rings is 1. The maximum Gasteiger partial charge on any atom is 0.116 e. The van der Waals surface area contributed by atoms with Gasteiger partial charge in [0.2, 0.25) is 0 Å². The van der Waals surface area contributed by atoms with Crippen molar-refractivity contribution in [2.24, 2.45) is 0 Å². The Bertz CT molecular complexity index is 1510. The highest BCUT2D eigenvalue weighted by Crippen LogP contribution is 2.36. The molecule has 0 saturated heterocycles. The standard InChI is InChI=1S/C23H16N6S/c24-15-6-14(9-25-10-15)13-3-4-19-17(7-13)23(29-28-19)20-8-16-18(22-2-1-5-30-22)11-26-12-21(16)27-20/h1-12,27H,24H2,(H,28,29). The Labute approximate surface area is 175 Å². The fourth-order valence-corrected chi connectivity index (χ4v) is 4.57. The number of fused-ring (bicyclic) bond motifs is 2. The van der Waals surface area contributed by atoms with Crippen LogP contribution in [0.25, 0.3) is 54.8 Å². The van der Waals surface area contributed by atoms with Crippen LogP contribution < -0.4 is 5.73 Å². The van der Waals surface area contributed by atoms with Gasteiger partial charge in [-0.05, 0) is 41.3 Å². The highest BCUT2D eigenvalue weighted by atomic mass is 32.1. The summed E-state index contributed by atoms with van der Waals surface area (Å²) in [5.74, 6) is 0. The maximum absolute atomic E-state index is 5.92. The second-order valence-corrected chi connectivity index (χ2v) is 8.10. The molecule has 0 fully saturated rings. The Morgan fingerprint density at radius 3 is 2.63 bits per heavy atom. The summed E-state index contributed by atoms with van der Waals surface area (Å²) in [5, 5.41) is 12.0. The van der Waals surface area contributed by atoms with Crippen molar-refractivity contribution < 1.29 is 0 Å². The molecular formula is C23H16N6S. The van der Waals surface area contributed by atoms with Crippen LogP contribution in [-0.2, 0) is 0 Å². The topological polar surface area (TPSA) is 96.3 Å². The second kappa shape index (κ2) is 6.53. The van der Waals surface area contributed by atoms with Crippen LogP contribution in [0.5, 0.6) is 0 Å². The van der Waals surface area contributed by atoms with Crippen LogP contribution in [-0.4, -0.2) is 25.1 Å². The first kappa shape index (κ1) is 16.9. The van der Waals surface area contributed by atoms with E-state index in [1.165, 1.54) is 4.88 Å². The minimum atomic E-state index is 0.643. The predicted octanol–water partition coefficient (Wildman–Crippen LogP) is 5.48. The third kappa shape index (κ3) is 2.67. The summed E-state index contributed by atoms with van der Waals surface area (Å²) in [4.78, 5) is 13.3. The zero-order valence-electron chi connectivity index (χ0n) is 15.8. The average Bonchev–Trinajstić information content (AvgIpc) is 3.51. The normalized spacial score (nSPS) is 11.5. The Kier molecular flexibility index (Phi) is 3.69. The van der Waals surface area contributed by atoms with Gasteiger partial charge in [0, 0.05) is 45.4 Å². The molecule has 30 heavy (non-hydrogen) atoms. The van der Waals surface area contributed by atoms with Gasteiger partial charge in [-0.3, -0.25) is 15.1 Å². The molecule has 0 atom stereocenters. The number of nitrogens with one attached hydrogen (secondary N) is 2. The molecule has 7 heteroatoms. The SMILES string of the molecule is Nc1cncc(-c2ccc3[nH]nc(-c4cc5c(-c6cccs6)cncc5[nH]4)c3c2)c1. The summed E-state index contributed by atoms with van der Waals surface area (Å²) in [7, 11) is 0. The van der Waals surface area contributed by atoms with Crippen molar-refractivity contribution >= 4 is 38.8 Å². The molecule has 6 rings (SSSR count). The fourth-order valence-electron chi connectivity index (χ4n) is 3.82. The number of anilines is 1. The van der Waals surface area contributed by atoms with Gasteiger partial charge in [0.15, 0.2) is 0 Å². The number of aromatic nitrogens is 5. The first-order valence-corrected chi connectivity index (χ1v) is 10.3. The summed E-state index contributed by atoms with van der Waals surface area (Å²) in [6, 6.07) is 14.4. The fraction of sp³-hybridized carbons (Fsp3) is 0. The highest BCUT2D eigenvalue weighted by molar-refractivity contribution is 7.13. The first-order chi connectivity index (χ1) is 14.8. The molecule has 0 radical (unpaired) electrons. The molecule has 5 aromatic heterocycles. The van der Waals surface area contributed by atoms with E-state index >= 15 is 0 Å². The Morgan fingerprint density at radius 2 is 1.77 bits per heavy atom. The van der Waals surface area contributed by atoms with E-state index in [4.69, 9.17) is 5.73 Å². The monoisotopic (exact) mass is 408 g/mol. The van der Waals surface area contributed by atoms with Gasteiger partial charge in [-0.2, -0.15) is 5.10 Å². The zero-order valence-corrected chi connectivity index (χ0v) is 16.6. The Balaban J connectivity index is 1.52. The van der Waals surface area contributed by atoms with E-state index in [-0.39, 0.29) is 0 Å². The third-order valence-corrected chi connectivity index (χ3v) is 6.15. The summed E-state index contributed by atoms with van der Waals surface area (Å²) >= 11 is 1.71. The molecule has 0 bridgehead atoms. The summed E-state index contributed by atoms with van der Waals surface area (Å²) in [6.07, 6.45) is 7.24. The summed E-state index contributed by atoms with van der Waals surface area (Å²) < 4.78 is 0. The van der Waals surface area contributed by atoms with E-state index in [0.29, 0.717) is 5.69 Å². The number of pyridine rings is 2. The number of hydrogen-bond acceptors (Lipinski definition) is 5. The van der Waals surface area contributed by atoms with Gasteiger partial charge >= 0.3 is 0 Å². The molecule has 0 spiro atoms. The Morgan fingerprint density at radius 1 is 0.833 bits per heavy atom. The van der Waals surface area contributed by atoms with Gasteiger partial charge in [0.1, 0.15) is 5.69 Å². The van der Waals surface area contributed by atoms with Crippen molar-refractivity contribution in [3.05, 3.63) is 72.6 Å². The molecular weight excluding hydrogens is 392 g/mol. The molecule has 6 nitrogen and oxygen atoms in total. The molecule has 0 unspecified atom stereocenters. The van der Waals surface area contributed by atoms with E-state index in [1.54, 1.807) is 17.5 Å². The number of nitrogen functional groups attached to an aromatic ring is 1. The highest BCUT2D eigenvalue weighted by Gasteiger charge is 2.15. The lowest BCUT2D eigenvalue weighted by molar-refractivity contribution is 1.12. The minimum absolute atomic E-state index is 0.643. The molecule has 5 heterocycles. The lowest BCUT2D eigenvalue weighted by Crippen LogP contribution is -1.87. The van der Waals surface area contributed by atoms with Crippen molar-refractivity contribution in [3.8, 4) is 33.0 Å². The van der Waals surface area contributed by atoms with E-state index < -0.39 is 0 Å². The van der Waals surface area contributed by atoms with Crippen molar-refractivity contribution in [2.45, 2.75) is 0 Å². The van der Waals surface area contributed by atoms with Gasteiger partial charge < -0.3 is 10.7 Å². The van der Waals surface area contributed by atoms with Crippen LogP contribution in [0, 0.1) is 0 Å². The first-order valence-electron chi connectivity index (χ1n) is 9.46. The van der Waals surface area contributed by atoms with Crippen LogP contribution in [0.15, 0.2) is 72.6 Å². The number of aromatic amines is 2. The molecule has 0 aliphatic rings. The van der Waals surface area contributed by atoms with Crippen molar-refractivity contribution in [2.75, 3.05) is 5.73 Å². The van der Waals surface area contributed by atoms with Crippen LogP contribution in [0.4, 0.5) is 5.69 Å². The van der Waals surface area contributed by atoms with Crippen molar-refractivity contribution in [1.29, 1.82) is 0 Å². The molecule has 6 aromatic rings. The molecule has 144 valence electrons. The maximum atomic E-state index is 5.92. The quantitative estimate of drug-likeness (QED) is 0.361. The average molecular weight is 408 g/mol. The minimum Gasteiger partial charge on any atom is -0.397 e. The van der Waals surface area contributed by atoms with E-state index in [0.717, 1.165) is 49.9 Å². The van der Waals surface area contributed by atoms with Crippen LogP contribution >= 0.6 is 11.3 Å². The van der Waals surface area contributed by atoms with Crippen molar-refractivity contribution in [1.82, 2.24) is 25.1 Å². The van der Waals surface area contributed by atoms with Gasteiger partial charge in [0.05, 0.1) is 28.6 Å².